The quantitative estimate of drug-likeness (QED) is 0.412. The van der Waals surface area contributed by atoms with Gasteiger partial charge < -0.3 is 19.5 Å². The fourth-order valence-electron chi connectivity index (χ4n) is 3.81. The lowest BCUT2D eigenvalue weighted by Gasteiger charge is -2.35. The van der Waals surface area contributed by atoms with Crippen LogP contribution in [0.25, 0.3) is 0 Å². The molecule has 0 spiro atoms. The molecule has 8 heteroatoms. The fourth-order valence-corrected chi connectivity index (χ4v) is 3.81. The van der Waals surface area contributed by atoms with Gasteiger partial charge in [-0.05, 0) is 57.1 Å². The Morgan fingerprint density at radius 2 is 1.84 bits per heavy atom. The molecule has 0 amide bonds. The number of hydrogen-bond acceptors (Lipinski definition) is 4. The molecule has 1 N–H and O–H groups in total. The van der Waals surface area contributed by atoms with Gasteiger partial charge in [-0.3, -0.25) is 0 Å². The molecule has 1 atom stereocenters. The zero-order chi connectivity index (χ0) is 23.2. The van der Waals surface area contributed by atoms with E-state index in [1.165, 1.54) is 19.2 Å². The molecular formula is C23H35F3N2O3. The summed E-state index contributed by atoms with van der Waals surface area (Å²) in [5, 5.41) is 10.9. The maximum Gasteiger partial charge on any atom is 0.423 e. The molecule has 0 saturated heterocycles. The van der Waals surface area contributed by atoms with Crippen molar-refractivity contribution in [1.29, 1.82) is 0 Å². The van der Waals surface area contributed by atoms with Crippen LogP contribution < -0.4 is 4.74 Å². The number of aryl methyl sites for hydroxylation is 1. The van der Waals surface area contributed by atoms with Gasteiger partial charge in [-0.25, -0.2) is 4.99 Å². The minimum absolute atomic E-state index is 0.0741. The van der Waals surface area contributed by atoms with Crippen LogP contribution in [-0.4, -0.2) is 55.9 Å². The Balaban J connectivity index is 2.32. The van der Waals surface area contributed by atoms with Gasteiger partial charge in [0.05, 0.1) is 31.8 Å². The summed E-state index contributed by atoms with van der Waals surface area (Å²) in [6.45, 7) is 5.61. The van der Waals surface area contributed by atoms with E-state index in [1.807, 2.05) is 18.9 Å². The van der Waals surface area contributed by atoms with Gasteiger partial charge in [0.25, 0.3) is 0 Å². The van der Waals surface area contributed by atoms with E-state index < -0.39 is 18.4 Å². The fraction of sp³-hybridized carbons (Fsp3) is 0.696. The van der Waals surface area contributed by atoms with Crippen molar-refractivity contribution in [2.45, 2.75) is 70.8 Å². The number of halogens is 3. The Morgan fingerprint density at radius 1 is 1.19 bits per heavy atom. The minimum Gasteiger partial charge on any atom is -0.496 e. The van der Waals surface area contributed by atoms with Gasteiger partial charge in [0, 0.05) is 25.2 Å². The highest BCUT2D eigenvalue weighted by molar-refractivity contribution is 5.65. The summed E-state index contributed by atoms with van der Waals surface area (Å²) in [7, 11) is 3.13. The molecular weight excluding hydrogens is 409 g/mol. The predicted molar refractivity (Wildman–Crippen MR) is 116 cm³/mol. The normalized spacial score (nSPS) is 21.8. The number of hydrogen-bond donors (Lipinski definition) is 1. The molecule has 31 heavy (non-hydrogen) atoms. The summed E-state index contributed by atoms with van der Waals surface area (Å²) in [6, 6.07) is 2.72. The van der Waals surface area contributed by atoms with Crippen LogP contribution >= 0.6 is 0 Å². The zero-order valence-electron chi connectivity index (χ0n) is 19.1. The van der Waals surface area contributed by atoms with Crippen LogP contribution in [0.15, 0.2) is 17.1 Å². The molecule has 1 aliphatic rings. The van der Waals surface area contributed by atoms with Crippen molar-refractivity contribution in [1.82, 2.24) is 4.90 Å². The lowest BCUT2D eigenvalue weighted by Crippen LogP contribution is -2.47. The van der Waals surface area contributed by atoms with Gasteiger partial charge in [-0.2, -0.15) is 13.2 Å². The highest BCUT2D eigenvalue weighted by atomic mass is 19.4. The SMILES string of the molecule is CCC1CCC(OCC(O)(c2cc(C)c(N=CN(C)CC)cc2OC)C(F)(F)F)CC1. The molecule has 1 aromatic rings. The first-order valence-corrected chi connectivity index (χ1v) is 10.9. The van der Waals surface area contributed by atoms with Crippen molar-refractivity contribution in [3.05, 3.63) is 23.3 Å². The van der Waals surface area contributed by atoms with Crippen LogP contribution in [0.3, 0.4) is 0 Å². The lowest BCUT2D eigenvalue weighted by atomic mass is 9.85. The summed E-state index contributed by atoms with van der Waals surface area (Å²) >= 11 is 0. The van der Waals surface area contributed by atoms with E-state index in [0.717, 1.165) is 25.8 Å². The van der Waals surface area contributed by atoms with E-state index in [-0.39, 0.29) is 17.4 Å². The minimum atomic E-state index is -4.93. The van der Waals surface area contributed by atoms with Crippen molar-refractivity contribution in [2.24, 2.45) is 10.9 Å². The van der Waals surface area contributed by atoms with E-state index in [9.17, 15) is 18.3 Å². The number of alkyl halides is 3. The Labute approximate surface area is 183 Å². The molecule has 2 rings (SSSR count). The highest BCUT2D eigenvalue weighted by Crippen LogP contribution is 2.45. The molecule has 1 aromatic carbocycles. The Kier molecular flexibility index (Phi) is 8.77. The second-order valence-corrected chi connectivity index (χ2v) is 8.38. The maximum atomic E-state index is 14.1. The molecule has 1 fully saturated rings. The zero-order valence-corrected chi connectivity index (χ0v) is 19.1. The van der Waals surface area contributed by atoms with Crippen molar-refractivity contribution in [3.8, 4) is 5.75 Å². The van der Waals surface area contributed by atoms with E-state index in [4.69, 9.17) is 9.47 Å². The topological polar surface area (TPSA) is 54.3 Å². The molecule has 1 saturated carbocycles. The van der Waals surface area contributed by atoms with Crippen LogP contribution in [0.5, 0.6) is 5.75 Å². The van der Waals surface area contributed by atoms with Crippen molar-refractivity contribution in [3.63, 3.8) is 0 Å². The van der Waals surface area contributed by atoms with Crippen LogP contribution in [-0.2, 0) is 10.3 Å². The standard InChI is InChI=1S/C23H35F3N2O3/c1-6-17-8-10-18(11-9-17)31-14-22(29,23(24,25)26)19-12-16(3)20(13-21(19)30-5)27-15-28(4)7-2/h12-13,15,17-18,29H,6-11,14H2,1-5H3. The number of ether oxygens (including phenoxy) is 2. The third-order valence-electron chi connectivity index (χ3n) is 6.22. The summed E-state index contributed by atoms with van der Waals surface area (Å²) in [5.74, 6) is 0.527. The van der Waals surface area contributed by atoms with Crippen molar-refractivity contribution in [2.75, 3.05) is 27.3 Å². The average molecular weight is 445 g/mol. The van der Waals surface area contributed by atoms with Gasteiger partial charge >= 0.3 is 6.18 Å². The number of aliphatic hydroxyl groups is 1. The van der Waals surface area contributed by atoms with Gasteiger partial charge in [0.15, 0.2) is 0 Å². The van der Waals surface area contributed by atoms with E-state index >= 15 is 0 Å². The summed E-state index contributed by atoms with van der Waals surface area (Å²) in [4.78, 5) is 6.17. The molecule has 0 bridgehead atoms. The molecule has 1 unspecified atom stereocenters. The van der Waals surface area contributed by atoms with Crippen molar-refractivity contribution < 1.29 is 27.8 Å². The smallest absolute Gasteiger partial charge is 0.423 e. The van der Waals surface area contributed by atoms with Gasteiger partial charge in [-0.15, -0.1) is 0 Å². The third kappa shape index (κ3) is 6.13. The first kappa shape index (κ1) is 25.5. The molecule has 0 radical (unpaired) electrons. The molecule has 0 heterocycles. The van der Waals surface area contributed by atoms with E-state index in [1.54, 1.807) is 13.3 Å². The number of benzene rings is 1. The van der Waals surface area contributed by atoms with Crippen LogP contribution in [0.4, 0.5) is 18.9 Å². The summed E-state index contributed by atoms with van der Waals surface area (Å²) in [6.07, 6.45) is 0.756. The lowest BCUT2D eigenvalue weighted by molar-refractivity contribution is -0.286. The maximum absolute atomic E-state index is 14.1. The monoisotopic (exact) mass is 444 g/mol. The Hall–Kier alpha value is -1.80. The van der Waals surface area contributed by atoms with Crippen molar-refractivity contribution >= 4 is 12.0 Å². The highest BCUT2D eigenvalue weighted by Gasteiger charge is 2.57. The molecule has 5 nitrogen and oxygen atoms in total. The number of aliphatic imine (C=N–C) groups is 1. The van der Waals surface area contributed by atoms with Gasteiger partial charge in [-0.1, -0.05) is 13.3 Å². The number of rotatable bonds is 9. The summed E-state index contributed by atoms with van der Waals surface area (Å²) in [5.41, 5.74) is -2.55. The van der Waals surface area contributed by atoms with Gasteiger partial charge in [0.1, 0.15) is 5.75 Å². The first-order valence-electron chi connectivity index (χ1n) is 10.9. The van der Waals surface area contributed by atoms with Crippen LogP contribution in [0.2, 0.25) is 0 Å². The van der Waals surface area contributed by atoms with E-state index in [2.05, 4.69) is 11.9 Å². The van der Waals surface area contributed by atoms with Crippen LogP contribution in [0.1, 0.15) is 57.1 Å². The van der Waals surface area contributed by atoms with Crippen LogP contribution in [0, 0.1) is 12.8 Å². The summed E-state index contributed by atoms with van der Waals surface area (Å²) < 4.78 is 53.1. The molecule has 1 aliphatic carbocycles. The number of nitrogens with zero attached hydrogens (tertiary/aromatic N) is 2. The second-order valence-electron chi connectivity index (χ2n) is 8.38. The Bertz CT molecular complexity index is 746. The molecule has 0 aromatic heterocycles. The third-order valence-corrected chi connectivity index (χ3v) is 6.22. The Morgan fingerprint density at radius 3 is 2.35 bits per heavy atom. The van der Waals surface area contributed by atoms with Gasteiger partial charge in [0.2, 0.25) is 5.60 Å². The predicted octanol–water partition coefficient (Wildman–Crippen LogP) is 5.35. The average Bonchev–Trinajstić information content (AvgIpc) is 2.75. The molecule has 176 valence electrons. The first-order chi connectivity index (χ1) is 14.6. The largest absolute Gasteiger partial charge is 0.496 e. The van der Waals surface area contributed by atoms with E-state index in [0.29, 0.717) is 30.0 Å². The molecule has 0 aliphatic heterocycles. The second kappa shape index (κ2) is 10.7. The number of methoxy groups -OCH3 is 1.